The largest absolute Gasteiger partial charge is 0.372 e. The molecule has 0 radical (unpaired) electrons. The third-order valence-corrected chi connectivity index (χ3v) is 5.99. The zero-order chi connectivity index (χ0) is 17.9. The molecule has 4 aliphatic rings. The van der Waals surface area contributed by atoms with Crippen molar-refractivity contribution in [1.29, 1.82) is 5.26 Å². The van der Waals surface area contributed by atoms with E-state index in [0.29, 0.717) is 23.7 Å². The zero-order valence-electron chi connectivity index (χ0n) is 15.4. The maximum atomic E-state index is 9.02. The molecule has 1 aliphatic carbocycles. The number of allylic oxidation sites excluding steroid dienone is 5. The van der Waals surface area contributed by atoms with Gasteiger partial charge in [0.05, 0.1) is 0 Å². The first-order valence-corrected chi connectivity index (χ1v) is 9.63. The first-order chi connectivity index (χ1) is 12.7. The van der Waals surface area contributed by atoms with Crippen molar-refractivity contribution in [3.63, 3.8) is 0 Å². The highest BCUT2D eigenvalue weighted by Gasteiger charge is 2.33. The van der Waals surface area contributed by atoms with E-state index in [9.17, 15) is 0 Å². The quantitative estimate of drug-likeness (QED) is 0.817. The Morgan fingerprint density at radius 1 is 1.23 bits per heavy atom. The molecule has 0 aromatic carbocycles. The number of likely N-dealkylation sites (tertiary alicyclic amines) is 1. The lowest BCUT2D eigenvalue weighted by Gasteiger charge is -2.39. The summed E-state index contributed by atoms with van der Waals surface area (Å²) in [4.78, 5) is 6.94. The van der Waals surface area contributed by atoms with Crippen LogP contribution in [0.2, 0.25) is 0 Å². The summed E-state index contributed by atoms with van der Waals surface area (Å²) in [5.41, 5.74) is 4.71. The number of fused-ring (bicyclic) bond motifs is 1. The zero-order valence-corrected chi connectivity index (χ0v) is 15.4. The monoisotopic (exact) mass is 349 g/mol. The average Bonchev–Trinajstić information content (AvgIpc) is 2.69. The first kappa shape index (κ1) is 17.3. The van der Waals surface area contributed by atoms with Crippen LogP contribution in [0.1, 0.15) is 19.3 Å². The van der Waals surface area contributed by atoms with Crippen LogP contribution in [0, 0.1) is 17.2 Å². The van der Waals surface area contributed by atoms with Crippen molar-refractivity contribution in [2.24, 2.45) is 10.9 Å². The van der Waals surface area contributed by atoms with Crippen molar-refractivity contribution < 1.29 is 0 Å². The summed E-state index contributed by atoms with van der Waals surface area (Å²) in [7, 11) is 2.21. The van der Waals surface area contributed by atoms with E-state index in [-0.39, 0.29) is 0 Å². The van der Waals surface area contributed by atoms with Gasteiger partial charge in [0, 0.05) is 37.3 Å². The Kier molecular flexibility index (Phi) is 5.05. The Morgan fingerprint density at radius 2 is 2.08 bits per heavy atom. The number of nitrogens with zero attached hydrogens (tertiary/aromatic N) is 3. The summed E-state index contributed by atoms with van der Waals surface area (Å²) in [6.45, 7) is 3.97. The van der Waals surface area contributed by atoms with Gasteiger partial charge in [0.25, 0.3) is 0 Å². The van der Waals surface area contributed by atoms with Crippen LogP contribution in [-0.4, -0.2) is 56.4 Å². The van der Waals surface area contributed by atoms with E-state index in [1.165, 1.54) is 42.7 Å². The molecule has 1 fully saturated rings. The van der Waals surface area contributed by atoms with E-state index < -0.39 is 0 Å². The highest BCUT2D eigenvalue weighted by molar-refractivity contribution is 5.75. The fraction of sp³-hybridized carbons (Fsp3) is 0.524. The maximum absolute atomic E-state index is 9.02. The summed E-state index contributed by atoms with van der Waals surface area (Å²) in [5.74, 6) is 0.478. The summed E-state index contributed by atoms with van der Waals surface area (Å²) in [5, 5.41) is 16.2. The Morgan fingerprint density at radius 3 is 2.81 bits per heavy atom. The van der Waals surface area contributed by atoms with Gasteiger partial charge >= 0.3 is 0 Å². The molecule has 2 N–H and O–H groups in total. The smallest absolute Gasteiger partial charge is 0.117 e. The van der Waals surface area contributed by atoms with Crippen molar-refractivity contribution >= 4 is 6.21 Å². The van der Waals surface area contributed by atoms with Gasteiger partial charge in [-0.2, -0.15) is 5.26 Å². The van der Waals surface area contributed by atoms with Gasteiger partial charge in [-0.25, -0.2) is 0 Å². The third kappa shape index (κ3) is 3.67. The van der Waals surface area contributed by atoms with Gasteiger partial charge in [0.15, 0.2) is 0 Å². The SMILES string of the molecule is CN1CCC(NC2CC(C3=CC=C(C#N)NC3)=CC3=CC=NCC32)CC1. The van der Waals surface area contributed by atoms with Crippen LogP contribution in [-0.2, 0) is 0 Å². The molecular formula is C21H27N5. The maximum Gasteiger partial charge on any atom is 0.117 e. The molecule has 0 amide bonds. The summed E-state index contributed by atoms with van der Waals surface area (Å²) < 4.78 is 0. The van der Waals surface area contributed by atoms with E-state index in [4.69, 9.17) is 5.26 Å². The summed E-state index contributed by atoms with van der Waals surface area (Å²) in [6, 6.07) is 3.22. The van der Waals surface area contributed by atoms with Gasteiger partial charge < -0.3 is 15.5 Å². The van der Waals surface area contributed by atoms with Crippen molar-refractivity contribution in [2.45, 2.75) is 31.3 Å². The topological polar surface area (TPSA) is 63.5 Å². The fourth-order valence-corrected chi connectivity index (χ4v) is 4.36. The second-order valence-electron chi connectivity index (χ2n) is 7.75. The molecule has 0 aromatic rings. The van der Waals surface area contributed by atoms with Gasteiger partial charge in [-0.1, -0.05) is 12.2 Å². The van der Waals surface area contributed by atoms with Crippen LogP contribution >= 0.6 is 0 Å². The molecule has 0 bridgehead atoms. The molecule has 0 aromatic heterocycles. The lowest BCUT2D eigenvalue weighted by Crippen LogP contribution is -2.50. The molecule has 4 rings (SSSR count). The standard InChI is InChI=1S/C21H27N5/c1-26-8-5-18(6-9-26)25-21-11-17(10-15-4-7-23-14-20(15)21)16-2-3-19(12-22)24-13-16/h2-4,7,10,18,20-21,24-25H,5-6,8-9,11,13-14H2,1H3. The van der Waals surface area contributed by atoms with Crippen LogP contribution in [0.3, 0.4) is 0 Å². The Balaban J connectivity index is 1.53. The van der Waals surface area contributed by atoms with Crippen LogP contribution in [0.15, 0.2) is 51.7 Å². The molecule has 26 heavy (non-hydrogen) atoms. The van der Waals surface area contributed by atoms with E-state index in [0.717, 1.165) is 19.5 Å². The number of aliphatic imine (C=N–C) groups is 1. The summed E-state index contributed by atoms with van der Waals surface area (Å²) in [6.07, 6.45) is 13.9. The average molecular weight is 349 g/mol. The van der Waals surface area contributed by atoms with Gasteiger partial charge in [0.1, 0.15) is 11.8 Å². The van der Waals surface area contributed by atoms with E-state index >= 15 is 0 Å². The molecule has 3 aliphatic heterocycles. The molecule has 2 atom stereocenters. The molecule has 5 heteroatoms. The number of dihydropyridines is 2. The molecule has 0 spiro atoms. The Labute approximate surface area is 155 Å². The van der Waals surface area contributed by atoms with E-state index in [1.54, 1.807) is 0 Å². The van der Waals surface area contributed by atoms with Gasteiger partial charge in [-0.3, -0.25) is 4.99 Å². The van der Waals surface area contributed by atoms with Gasteiger partial charge in [-0.05, 0) is 68.3 Å². The Hall–Kier alpha value is -2.16. The number of nitrogens with one attached hydrogen (secondary N) is 2. The molecule has 2 unspecified atom stereocenters. The Bertz CT molecular complexity index is 741. The minimum absolute atomic E-state index is 0.439. The number of nitriles is 1. The van der Waals surface area contributed by atoms with Gasteiger partial charge in [0.2, 0.25) is 0 Å². The minimum Gasteiger partial charge on any atom is -0.372 e. The predicted octanol–water partition coefficient (Wildman–Crippen LogP) is 1.93. The highest BCUT2D eigenvalue weighted by Crippen LogP contribution is 2.34. The molecule has 0 saturated carbocycles. The van der Waals surface area contributed by atoms with Crippen LogP contribution in [0.25, 0.3) is 0 Å². The fourth-order valence-electron chi connectivity index (χ4n) is 4.36. The van der Waals surface area contributed by atoms with Crippen molar-refractivity contribution in [1.82, 2.24) is 15.5 Å². The molecular weight excluding hydrogens is 322 g/mol. The van der Waals surface area contributed by atoms with Crippen LogP contribution in [0.4, 0.5) is 0 Å². The second kappa shape index (κ2) is 7.61. The highest BCUT2D eigenvalue weighted by atomic mass is 15.1. The van der Waals surface area contributed by atoms with Gasteiger partial charge in [-0.15, -0.1) is 0 Å². The van der Waals surface area contributed by atoms with Crippen molar-refractivity contribution in [2.75, 3.05) is 33.2 Å². The first-order valence-electron chi connectivity index (χ1n) is 9.63. The molecule has 5 nitrogen and oxygen atoms in total. The van der Waals surface area contributed by atoms with Crippen LogP contribution < -0.4 is 10.6 Å². The molecule has 136 valence electrons. The lowest BCUT2D eigenvalue weighted by atomic mass is 9.77. The number of rotatable bonds is 3. The second-order valence-corrected chi connectivity index (χ2v) is 7.75. The van der Waals surface area contributed by atoms with E-state index in [1.807, 2.05) is 12.3 Å². The summed E-state index contributed by atoms with van der Waals surface area (Å²) >= 11 is 0. The molecule has 1 saturated heterocycles. The number of hydrogen-bond donors (Lipinski definition) is 2. The van der Waals surface area contributed by atoms with Crippen molar-refractivity contribution in [3.05, 3.63) is 46.7 Å². The number of hydrogen-bond acceptors (Lipinski definition) is 5. The van der Waals surface area contributed by atoms with Crippen LogP contribution in [0.5, 0.6) is 0 Å². The third-order valence-electron chi connectivity index (χ3n) is 5.99. The lowest BCUT2D eigenvalue weighted by molar-refractivity contribution is 0.213. The minimum atomic E-state index is 0.439. The molecule has 3 heterocycles. The predicted molar refractivity (Wildman–Crippen MR) is 105 cm³/mol. The van der Waals surface area contributed by atoms with Crippen molar-refractivity contribution in [3.8, 4) is 6.07 Å². The van der Waals surface area contributed by atoms with E-state index in [2.05, 4.69) is 51.9 Å². The normalized spacial score (nSPS) is 29.5. The number of piperidine rings is 1.